The molecule has 7 heteroatoms. The number of aliphatic imine (C=N–C) groups is 1. The Kier molecular flexibility index (Phi) is 8.21. The first kappa shape index (κ1) is 25.1. The number of benzene rings is 2. The van der Waals surface area contributed by atoms with Crippen LogP contribution in [-0.2, 0) is 4.79 Å². The van der Waals surface area contributed by atoms with Crippen molar-refractivity contribution in [2.45, 2.75) is 52.5 Å². The molecule has 1 saturated heterocycles. The van der Waals surface area contributed by atoms with E-state index < -0.39 is 12.0 Å². The van der Waals surface area contributed by atoms with Crippen LogP contribution in [0.25, 0.3) is 0 Å². The molecule has 1 aliphatic heterocycles. The lowest BCUT2D eigenvalue weighted by atomic mass is 9.78. The standard InChI is InChI=1S/C27H33FN4O2/c1-5-14-30-25-22(18(4)29)23(19-10-12-21(28)13-11-19)24(27(34)32(25)15-6-2)31-26(33)20-9-7-8-17(3)16-20/h7-13,16,23-24H,5-6,14-15,29H2,1-4H3,(H,31,33)/b22-18-,30-25?/t23-,24-/m0/s1. The first-order valence-corrected chi connectivity index (χ1v) is 11.7. The van der Waals surface area contributed by atoms with Crippen molar-refractivity contribution in [3.63, 3.8) is 0 Å². The number of aryl methyl sites for hydroxylation is 1. The lowest BCUT2D eigenvalue weighted by Gasteiger charge is -2.41. The minimum absolute atomic E-state index is 0.253. The van der Waals surface area contributed by atoms with E-state index >= 15 is 0 Å². The molecule has 2 amide bonds. The molecular formula is C27H33FN4O2. The van der Waals surface area contributed by atoms with Crippen LogP contribution in [0.15, 0.2) is 64.8 Å². The summed E-state index contributed by atoms with van der Waals surface area (Å²) in [6.07, 6.45) is 1.52. The highest BCUT2D eigenvalue weighted by Crippen LogP contribution is 2.37. The van der Waals surface area contributed by atoms with E-state index in [1.54, 1.807) is 42.2 Å². The van der Waals surface area contributed by atoms with Gasteiger partial charge < -0.3 is 11.1 Å². The minimum atomic E-state index is -0.918. The normalized spacial score (nSPS) is 21.0. The highest BCUT2D eigenvalue weighted by molar-refractivity contribution is 6.15. The number of carbonyl (C=O) groups excluding carboxylic acids is 2. The second-order valence-corrected chi connectivity index (χ2v) is 8.64. The fraction of sp³-hybridized carbons (Fsp3) is 0.370. The van der Waals surface area contributed by atoms with Crippen molar-refractivity contribution in [2.24, 2.45) is 10.7 Å². The Labute approximate surface area is 200 Å². The van der Waals surface area contributed by atoms with Crippen molar-refractivity contribution in [3.05, 3.63) is 82.3 Å². The molecule has 0 aliphatic carbocycles. The van der Waals surface area contributed by atoms with E-state index in [0.717, 1.165) is 12.0 Å². The van der Waals surface area contributed by atoms with Crippen molar-refractivity contribution < 1.29 is 14.0 Å². The Balaban J connectivity index is 2.16. The molecule has 1 fully saturated rings. The summed E-state index contributed by atoms with van der Waals surface area (Å²) in [6.45, 7) is 8.66. The van der Waals surface area contributed by atoms with E-state index in [-0.39, 0.29) is 17.6 Å². The Hall–Kier alpha value is -3.48. The fourth-order valence-electron chi connectivity index (χ4n) is 4.30. The molecular weight excluding hydrogens is 431 g/mol. The van der Waals surface area contributed by atoms with Gasteiger partial charge in [0.2, 0.25) is 0 Å². The molecule has 2 aromatic carbocycles. The number of hydrogen-bond donors (Lipinski definition) is 2. The van der Waals surface area contributed by atoms with Gasteiger partial charge in [-0.2, -0.15) is 0 Å². The Morgan fingerprint density at radius 3 is 2.44 bits per heavy atom. The zero-order chi connectivity index (χ0) is 24.8. The number of rotatable bonds is 7. The Morgan fingerprint density at radius 1 is 1.15 bits per heavy atom. The quantitative estimate of drug-likeness (QED) is 0.640. The van der Waals surface area contributed by atoms with Crippen LogP contribution < -0.4 is 11.1 Å². The van der Waals surface area contributed by atoms with Crippen molar-refractivity contribution in [3.8, 4) is 0 Å². The number of amidine groups is 1. The third-order valence-electron chi connectivity index (χ3n) is 5.83. The number of allylic oxidation sites excluding steroid dienone is 1. The maximum absolute atomic E-state index is 13.8. The van der Waals surface area contributed by atoms with Crippen LogP contribution in [0.4, 0.5) is 4.39 Å². The second-order valence-electron chi connectivity index (χ2n) is 8.64. The fourth-order valence-corrected chi connectivity index (χ4v) is 4.30. The molecule has 3 rings (SSSR count). The first-order valence-electron chi connectivity index (χ1n) is 11.7. The van der Waals surface area contributed by atoms with Gasteiger partial charge in [0, 0.05) is 35.8 Å². The molecule has 2 aromatic rings. The van der Waals surface area contributed by atoms with Crippen LogP contribution in [0.5, 0.6) is 0 Å². The van der Waals surface area contributed by atoms with Gasteiger partial charge in [0.25, 0.3) is 11.8 Å². The monoisotopic (exact) mass is 464 g/mol. The topological polar surface area (TPSA) is 87.8 Å². The van der Waals surface area contributed by atoms with Gasteiger partial charge in [-0.25, -0.2) is 4.39 Å². The van der Waals surface area contributed by atoms with Crippen LogP contribution in [0.1, 0.15) is 61.0 Å². The number of halogens is 1. The molecule has 0 bridgehead atoms. The number of carbonyl (C=O) groups is 2. The zero-order valence-corrected chi connectivity index (χ0v) is 20.3. The number of amides is 2. The summed E-state index contributed by atoms with van der Waals surface area (Å²) >= 11 is 0. The highest BCUT2D eigenvalue weighted by atomic mass is 19.1. The minimum Gasteiger partial charge on any atom is -0.402 e. The Morgan fingerprint density at radius 2 is 1.85 bits per heavy atom. The van der Waals surface area contributed by atoms with E-state index in [4.69, 9.17) is 10.7 Å². The van der Waals surface area contributed by atoms with Crippen molar-refractivity contribution in [2.75, 3.05) is 13.1 Å². The number of nitrogens with one attached hydrogen (secondary N) is 1. The maximum Gasteiger partial charge on any atom is 0.251 e. The van der Waals surface area contributed by atoms with E-state index in [9.17, 15) is 14.0 Å². The largest absolute Gasteiger partial charge is 0.402 e. The third-order valence-corrected chi connectivity index (χ3v) is 5.83. The maximum atomic E-state index is 13.8. The van der Waals surface area contributed by atoms with Gasteiger partial charge in [-0.1, -0.05) is 43.7 Å². The third kappa shape index (κ3) is 5.35. The van der Waals surface area contributed by atoms with Crippen LogP contribution in [0, 0.1) is 12.7 Å². The predicted octanol–water partition coefficient (Wildman–Crippen LogP) is 4.31. The molecule has 180 valence electrons. The summed E-state index contributed by atoms with van der Waals surface area (Å²) in [5.74, 6) is -1.06. The number of nitrogens with two attached hydrogens (primary N) is 1. The van der Waals surface area contributed by atoms with Crippen molar-refractivity contribution in [1.82, 2.24) is 10.2 Å². The molecule has 6 nitrogen and oxygen atoms in total. The summed E-state index contributed by atoms with van der Waals surface area (Å²) in [5, 5.41) is 2.96. The lowest BCUT2D eigenvalue weighted by Crippen LogP contribution is -2.59. The van der Waals surface area contributed by atoms with E-state index in [2.05, 4.69) is 5.32 Å². The summed E-state index contributed by atoms with van der Waals surface area (Å²) < 4.78 is 13.8. The van der Waals surface area contributed by atoms with E-state index in [0.29, 0.717) is 47.7 Å². The van der Waals surface area contributed by atoms with Crippen LogP contribution in [0.3, 0.4) is 0 Å². The van der Waals surface area contributed by atoms with Crippen LogP contribution in [0.2, 0.25) is 0 Å². The molecule has 0 radical (unpaired) electrons. The summed E-state index contributed by atoms with van der Waals surface area (Å²) in [5.41, 5.74) is 9.67. The summed E-state index contributed by atoms with van der Waals surface area (Å²) in [7, 11) is 0. The lowest BCUT2D eigenvalue weighted by molar-refractivity contribution is -0.130. The van der Waals surface area contributed by atoms with Crippen molar-refractivity contribution in [1.29, 1.82) is 0 Å². The van der Waals surface area contributed by atoms with Crippen LogP contribution >= 0.6 is 0 Å². The molecule has 0 spiro atoms. The number of nitrogens with zero attached hydrogens (tertiary/aromatic N) is 2. The first-order chi connectivity index (χ1) is 16.3. The molecule has 1 heterocycles. The molecule has 2 atom stereocenters. The average Bonchev–Trinajstić information content (AvgIpc) is 2.81. The second kappa shape index (κ2) is 11.1. The van der Waals surface area contributed by atoms with E-state index in [1.807, 2.05) is 26.8 Å². The van der Waals surface area contributed by atoms with Gasteiger partial charge >= 0.3 is 0 Å². The van der Waals surface area contributed by atoms with Gasteiger partial charge in [0.1, 0.15) is 17.7 Å². The molecule has 3 N–H and O–H groups in total. The molecule has 34 heavy (non-hydrogen) atoms. The predicted molar refractivity (Wildman–Crippen MR) is 133 cm³/mol. The number of likely N-dealkylation sites (tertiary alicyclic amines) is 1. The zero-order valence-electron chi connectivity index (χ0n) is 20.3. The van der Waals surface area contributed by atoms with Crippen LogP contribution in [-0.4, -0.2) is 41.7 Å². The molecule has 1 aliphatic rings. The van der Waals surface area contributed by atoms with E-state index in [1.165, 1.54) is 12.1 Å². The van der Waals surface area contributed by atoms with Gasteiger partial charge in [-0.3, -0.25) is 19.5 Å². The smallest absolute Gasteiger partial charge is 0.251 e. The molecule has 0 unspecified atom stereocenters. The molecule has 0 aromatic heterocycles. The van der Waals surface area contributed by atoms with Gasteiger partial charge in [-0.05, 0) is 56.5 Å². The SMILES string of the molecule is CCCN=C1/C(=C(/C)N)[C@H](c2ccc(F)cc2)[C@H](NC(=O)c2cccc(C)c2)C(=O)N1CCC. The molecule has 0 saturated carbocycles. The number of piperidine rings is 1. The summed E-state index contributed by atoms with van der Waals surface area (Å²) in [4.78, 5) is 33.4. The number of hydrogen-bond acceptors (Lipinski definition) is 4. The van der Waals surface area contributed by atoms with Gasteiger partial charge in [-0.15, -0.1) is 0 Å². The Bertz CT molecular complexity index is 1100. The average molecular weight is 465 g/mol. The van der Waals surface area contributed by atoms with Gasteiger partial charge in [0.05, 0.1) is 0 Å². The van der Waals surface area contributed by atoms with Crippen molar-refractivity contribution >= 4 is 17.6 Å². The highest BCUT2D eigenvalue weighted by Gasteiger charge is 2.45. The summed E-state index contributed by atoms with van der Waals surface area (Å²) in [6, 6.07) is 12.3. The van der Waals surface area contributed by atoms with Gasteiger partial charge in [0.15, 0.2) is 0 Å².